The number of hydrogen-bond acceptors (Lipinski definition) is 5. The number of alkyl halides is 3. The van der Waals surface area contributed by atoms with E-state index in [-0.39, 0.29) is 10.0 Å². The fourth-order valence-electron chi connectivity index (χ4n) is 5.12. The average molecular weight is 609 g/mol. The number of halogens is 5. The number of fused-ring (bicyclic) bond motifs is 1. The van der Waals surface area contributed by atoms with Gasteiger partial charge in [-0.2, -0.15) is 17.9 Å². The molecule has 0 spiro atoms. The monoisotopic (exact) mass is 607 g/mol. The van der Waals surface area contributed by atoms with Gasteiger partial charge in [0.1, 0.15) is 4.90 Å². The Hall–Kier alpha value is -1.89. The van der Waals surface area contributed by atoms with E-state index in [0.717, 1.165) is 54.9 Å². The molecule has 2 aromatic carbocycles. The van der Waals surface area contributed by atoms with Crippen LogP contribution in [0.3, 0.4) is 0 Å². The largest absolute Gasteiger partial charge is 0.407 e. The molecule has 1 aliphatic heterocycles. The first kappa shape index (κ1) is 30.1. The van der Waals surface area contributed by atoms with Crippen molar-refractivity contribution in [1.29, 1.82) is 0 Å². The lowest BCUT2D eigenvalue weighted by Crippen LogP contribution is -2.57. The molecule has 2 aliphatic rings. The average Bonchev–Trinajstić information content (AvgIpc) is 2.88. The second kappa shape index (κ2) is 12.3. The first-order valence-corrected chi connectivity index (χ1v) is 15.0. The topological polar surface area (TPSA) is 98.7 Å². The van der Waals surface area contributed by atoms with Crippen molar-refractivity contribution in [3.63, 3.8) is 0 Å². The highest BCUT2D eigenvalue weighted by molar-refractivity contribution is 7.89. The van der Waals surface area contributed by atoms with Gasteiger partial charge in [-0.05, 0) is 80.1 Å². The molecule has 1 saturated heterocycles. The number of rotatable bonds is 8. The molecule has 0 radical (unpaired) electrons. The number of benzene rings is 2. The molecule has 1 heterocycles. The third kappa shape index (κ3) is 7.45. The Morgan fingerprint density at radius 3 is 2.49 bits per heavy atom. The number of nitrogens with zero attached hydrogens (tertiary/aromatic N) is 1. The zero-order chi connectivity index (χ0) is 28.4. The molecule has 1 fully saturated rings. The van der Waals surface area contributed by atoms with Crippen molar-refractivity contribution < 1.29 is 31.5 Å². The standard InChI is InChI=1S/C26H30Cl2F3N3O4S/c27-18-8-10-20(28)22(14-18)39(37,38)33-24(26(29,30)31)23(35)25(36)32-21-6-4-5-17-13-16(7-9-19(17)21)15-34-11-2-1-3-12-34/h7-10,13-14,21,23-24,33,35H,1-6,11-12,15H2,(H,32,36)/t21-,23-,24-/m1/s1. The highest BCUT2D eigenvalue weighted by Crippen LogP contribution is 2.32. The van der Waals surface area contributed by atoms with Crippen molar-refractivity contribution >= 4 is 39.1 Å². The van der Waals surface area contributed by atoms with E-state index in [0.29, 0.717) is 12.8 Å². The minimum atomic E-state index is -5.29. The van der Waals surface area contributed by atoms with E-state index < -0.39 is 45.2 Å². The summed E-state index contributed by atoms with van der Waals surface area (Å²) in [5.41, 5.74) is 2.91. The summed E-state index contributed by atoms with van der Waals surface area (Å²) in [4.78, 5) is 14.5. The molecule has 1 aliphatic carbocycles. The van der Waals surface area contributed by atoms with Crippen LogP contribution in [-0.2, 0) is 27.8 Å². The van der Waals surface area contributed by atoms with Crippen molar-refractivity contribution in [2.45, 2.75) is 74.3 Å². The first-order chi connectivity index (χ1) is 18.3. The van der Waals surface area contributed by atoms with Gasteiger partial charge in [-0.3, -0.25) is 9.69 Å². The number of likely N-dealkylation sites (tertiary alicyclic amines) is 1. The molecular weight excluding hydrogens is 578 g/mol. The van der Waals surface area contributed by atoms with Crippen molar-refractivity contribution in [2.75, 3.05) is 13.1 Å². The number of carbonyl (C=O) groups is 1. The van der Waals surface area contributed by atoms with E-state index in [9.17, 15) is 31.5 Å². The fourth-order valence-corrected chi connectivity index (χ4v) is 7.11. The Morgan fingerprint density at radius 1 is 1.08 bits per heavy atom. The summed E-state index contributed by atoms with van der Waals surface area (Å²) >= 11 is 11.6. The predicted octanol–water partition coefficient (Wildman–Crippen LogP) is 4.74. The van der Waals surface area contributed by atoms with Gasteiger partial charge in [0.15, 0.2) is 12.1 Å². The Balaban J connectivity index is 1.49. The molecule has 13 heteroatoms. The molecule has 0 unspecified atom stereocenters. The summed E-state index contributed by atoms with van der Waals surface area (Å²) in [6.45, 7) is 2.90. The van der Waals surface area contributed by atoms with Gasteiger partial charge < -0.3 is 10.4 Å². The van der Waals surface area contributed by atoms with Crippen LogP contribution in [0.2, 0.25) is 10.0 Å². The number of piperidine rings is 1. The fraction of sp³-hybridized carbons (Fsp3) is 0.500. The molecule has 3 N–H and O–H groups in total. The van der Waals surface area contributed by atoms with E-state index >= 15 is 0 Å². The highest BCUT2D eigenvalue weighted by Gasteiger charge is 2.50. The normalized spacial score (nSPS) is 20.2. The van der Waals surface area contributed by atoms with E-state index in [1.165, 1.54) is 30.1 Å². The summed E-state index contributed by atoms with van der Waals surface area (Å²) in [6.07, 6.45) is -2.53. The van der Waals surface area contributed by atoms with Gasteiger partial charge in [-0.25, -0.2) is 8.42 Å². The van der Waals surface area contributed by atoms with Crippen LogP contribution < -0.4 is 10.0 Å². The van der Waals surface area contributed by atoms with Crippen molar-refractivity contribution in [2.24, 2.45) is 0 Å². The lowest BCUT2D eigenvalue weighted by Gasteiger charge is -2.31. The third-order valence-electron chi connectivity index (χ3n) is 7.09. The lowest BCUT2D eigenvalue weighted by atomic mass is 9.86. The number of aryl methyl sites for hydroxylation is 1. The highest BCUT2D eigenvalue weighted by atomic mass is 35.5. The van der Waals surface area contributed by atoms with Crippen LogP contribution >= 0.6 is 23.2 Å². The maximum absolute atomic E-state index is 13.9. The number of aliphatic hydroxyl groups excluding tert-OH is 1. The Morgan fingerprint density at radius 2 is 1.79 bits per heavy atom. The van der Waals surface area contributed by atoms with Gasteiger partial charge in [0.2, 0.25) is 10.0 Å². The predicted molar refractivity (Wildman–Crippen MR) is 142 cm³/mol. The molecule has 214 valence electrons. The van der Waals surface area contributed by atoms with Gasteiger partial charge in [-0.15, -0.1) is 0 Å². The third-order valence-corrected chi connectivity index (χ3v) is 9.25. The zero-order valence-electron chi connectivity index (χ0n) is 21.0. The summed E-state index contributed by atoms with van der Waals surface area (Å²) < 4.78 is 68.5. The molecule has 39 heavy (non-hydrogen) atoms. The number of amides is 1. The number of nitrogens with one attached hydrogen (secondary N) is 2. The van der Waals surface area contributed by atoms with Crippen LogP contribution in [0.5, 0.6) is 0 Å². The SMILES string of the molecule is O=C(N[C@@H]1CCCc2cc(CN3CCCCC3)ccc21)[C@H](O)[C@@H](NS(=O)(=O)c1cc(Cl)ccc1Cl)C(F)(F)F. The molecule has 4 rings (SSSR count). The first-order valence-electron chi connectivity index (χ1n) is 12.7. The molecule has 0 saturated carbocycles. The van der Waals surface area contributed by atoms with E-state index in [4.69, 9.17) is 23.2 Å². The van der Waals surface area contributed by atoms with Crippen LogP contribution in [0, 0.1) is 0 Å². The zero-order valence-corrected chi connectivity index (χ0v) is 23.3. The van der Waals surface area contributed by atoms with E-state index in [1.54, 1.807) is 0 Å². The molecular formula is C26H30Cl2F3N3O4S. The Labute approximate surface area is 235 Å². The second-order valence-electron chi connectivity index (χ2n) is 9.98. The molecule has 0 bridgehead atoms. The summed E-state index contributed by atoms with van der Waals surface area (Å²) in [5.74, 6) is -1.34. The summed E-state index contributed by atoms with van der Waals surface area (Å²) in [5, 5.41) is 12.5. The smallest absolute Gasteiger partial charge is 0.381 e. The van der Waals surface area contributed by atoms with Crippen molar-refractivity contribution in [3.8, 4) is 0 Å². The minimum Gasteiger partial charge on any atom is -0.381 e. The van der Waals surface area contributed by atoms with Gasteiger partial charge >= 0.3 is 6.18 Å². The lowest BCUT2D eigenvalue weighted by molar-refractivity contribution is -0.178. The minimum absolute atomic E-state index is 0.0725. The van der Waals surface area contributed by atoms with Gasteiger partial charge in [0.25, 0.3) is 5.91 Å². The number of aliphatic hydroxyl groups is 1. The Bertz CT molecular complexity index is 1300. The quantitative estimate of drug-likeness (QED) is 0.402. The van der Waals surface area contributed by atoms with Crippen LogP contribution in [0.25, 0.3) is 0 Å². The van der Waals surface area contributed by atoms with E-state index in [1.807, 2.05) is 12.1 Å². The molecule has 2 aromatic rings. The summed E-state index contributed by atoms with van der Waals surface area (Å²) in [6, 6.07) is 5.42. The second-order valence-corrected chi connectivity index (χ2v) is 12.5. The Kier molecular flexibility index (Phi) is 9.50. The molecule has 7 nitrogen and oxygen atoms in total. The maximum Gasteiger partial charge on any atom is 0.407 e. The molecule has 0 aromatic heterocycles. The van der Waals surface area contributed by atoms with Crippen LogP contribution in [0.4, 0.5) is 13.2 Å². The van der Waals surface area contributed by atoms with Crippen molar-refractivity contribution in [3.05, 3.63) is 63.1 Å². The summed E-state index contributed by atoms with van der Waals surface area (Å²) in [7, 11) is -4.90. The molecule has 1 amide bonds. The van der Waals surface area contributed by atoms with Crippen LogP contribution in [0.15, 0.2) is 41.3 Å². The van der Waals surface area contributed by atoms with Gasteiger partial charge in [-0.1, -0.05) is 47.8 Å². The van der Waals surface area contributed by atoms with Crippen molar-refractivity contribution in [1.82, 2.24) is 14.9 Å². The maximum atomic E-state index is 13.9. The number of carbonyl (C=O) groups excluding carboxylic acids is 1. The van der Waals surface area contributed by atoms with E-state index in [2.05, 4.69) is 16.3 Å². The number of sulfonamides is 1. The van der Waals surface area contributed by atoms with Gasteiger partial charge in [0, 0.05) is 11.6 Å². The molecule has 3 atom stereocenters. The number of hydrogen-bond donors (Lipinski definition) is 3. The van der Waals surface area contributed by atoms with Crippen LogP contribution in [-0.4, -0.2) is 55.7 Å². The van der Waals surface area contributed by atoms with Gasteiger partial charge in [0.05, 0.1) is 11.1 Å². The van der Waals surface area contributed by atoms with Crippen LogP contribution in [0.1, 0.15) is 54.8 Å².